The summed E-state index contributed by atoms with van der Waals surface area (Å²) in [4.78, 5) is 7.06. The second kappa shape index (κ2) is 11.1. The van der Waals surface area contributed by atoms with Crippen molar-refractivity contribution in [1.82, 2.24) is 10.2 Å². The van der Waals surface area contributed by atoms with Gasteiger partial charge in [-0.25, -0.2) is 4.99 Å². The van der Waals surface area contributed by atoms with Gasteiger partial charge in [0.15, 0.2) is 5.96 Å². The summed E-state index contributed by atoms with van der Waals surface area (Å²) in [6, 6.07) is 8.21. The smallest absolute Gasteiger partial charge is 0.193 e. The van der Waals surface area contributed by atoms with E-state index < -0.39 is 0 Å². The third-order valence-electron chi connectivity index (χ3n) is 4.59. The third-order valence-corrected chi connectivity index (χ3v) is 4.59. The van der Waals surface area contributed by atoms with Crippen LogP contribution in [0.5, 0.6) is 5.75 Å². The van der Waals surface area contributed by atoms with Gasteiger partial charge in [-0.05, 0) is 63.6 Å². The molecule has 1 saturated heterocycles. The Balaban J connectivity index is 1.92. The van der Waals surface area contributed by atoms with Crippen LogP contribution in [-0.4, -0.2) is 50.3 Å². The minimum absolute atomic E-state index is 0.183. The second-order valence-corrected chi connectivity index (χ2v) is 7.25. The summed E-state index contributed by atoms with van der Waals surface area (Å²) >= 11 is 0. The molecule has 1 aliphatic heterocycles. The van der Waals surface area contributed by atoms with Gasteiger partial charge in [0.1, 0.15) is 5.75 Å². The molecule has 5 heteroatoms. The fourth-order valence-electron chi connectivity index (χ4n) is 3.14. The van der Waals surface area contributed by atoms with Crippen LogP contribution in [0.25, 0.3) is 0 Å². The second-order valence-electron chi connectivity index (χ2n) is 7.25. The van der Waals surface area contributed by atoms with Gasteiger partial charge in [-0.15, -0.1) is 0 Å². The molecule has 0 aromatic heterocycles. The predicted octanol–water partition coefficient (Wildman–Crippen LogP) is 3.69. The van der Waals surface area contributed by atoms with Crippen molar-refractivity contribution in [3.8, 4) is 5.75 Å². The van der Waals surface area contributed by atoms with E-state index >= 15 is 0 Å². The van der Waals surface area contributed by atoms with E-state index in [4.69, 9.17) is 14.5 Å². The van der Waals surface area contributed by atoms with Gasteiger partial charge in [-0.3, -0.25) is 0 Å². The number of benzene rings is 1. The molecule has 0 atom stereocenters. The van der Waals surface area contributed by atoms with Crippen LogP contribution in [0.3, 0.4) is 0 Å². The van der Waals surface area contributed by atoms with Crippen LogP contribution < -0.4 is 10.1 Å². The lowest BCUT2D eigenvalue weighted by molar-refractivity contribution is 0.0625. The first-order chi connectivity index (χ1) is 12.6. The molecule has 0 saturated carbocycles. The van der Waals surface area contributed by atoms with Crippen LogP contribution >= 0.6 is 0 Å². The summed E-state index contributed by atoms with van der Waals surface area (Å²) in [5.74, 6) is 2.65. The van der Waals surface area contributed by atoms with Crippen molar-refractivity contribution in [2.75, 3.05) is 33.4 Å². The Morgan fingerprint density at radius 3 is 2.81 bits per heavy atom. The van der Waals surface area contributed by atoms with E-state index in [-0.39, 0.29) is 6.10 Å². The van der Waals surface area contributed by atoms with Gasteiger partial charge in [0.05, 0.1) is 12.6 Å². The fourth-order valence-corrected chi connectivity index (χ4v) is 3.14. The van der Waals surface area contributed by atoms with Gasteiger partial charge in [-0.1, -0.05) is 12.1 Å². The molecular weight excluding hydrogens is 326 g/mol. The summed E-state index contributed by atoms with van der Waals surface area (Å²) in [6.45, 7) is 10.6. The molecule has 0 spiro atoms. The van der Waals surface area contributed by atoms with Crippen molar-refractivity contribution in [1.29, 1.82) is 0 Å². The van der Waals surface area contributed by atoms with E-state index in [1.807, 2.05) is 26.0 Å². The fraction of sp³-hybridized carbons (Fsp3) is 0.667. The first-order valence-electron chi connectivity index (χ1n) is 9.91. The highest BCUT2D eigenvalue weighted by molar-refractivity contribution is 5.79. The van der Waals surface area contributed by atoms with Gasteiger partial charge >= 0.3 is 0 Å². The number of aliphatic imine (C=N–C) groups is 1. The summed E-state index contributed by atoms with van der Waals surface area (Å²) < 4.78 is 11.2. The summed E-state index contributed by atoms with van der Waals surface area (Å²) in [7, 11) is 2.12. The van der Waals surface area contributed by atoms with Crippen molar-refractivity contribution in [2.24, 2.45) is 10.9 Å². The van der Waals surface area contributed by atoms with Crippen molar-refractivity contribution in [3.05, 3.63) is 29.8 Å². The average molecular weight is 362 g/mol. The van der Waals surface area contributed by atoms with Crippen LogP contribution in [0.15, 0.2) is 29.3 Å². The van der Waals surface area contributed by atoms with E-state index in [1.54, 1.807) is 0 Å². The molecule has 1 N–H and O–H groups in total. The van der Waals surface area contributed by atoms with Crippen LogP contribution in [0.4, 0.5) is 0 Å². The van der Waals surface area contributed by atoms with E-state index in [1.165, 1.54) is 19.3 Å². The van der Waals surface area contributed by atoms with Crippen LogP contribution in [-0.2, 0) is 11.3 Å². The van der Waals surface area contributed by atoms with Gasteiger partial charge in [0.25, 0.3) is 0 Å². The number of nitrogens with zero attached hydrogens (tertiary/aromatic N) is 2. The first-order valence-corrected chi connectivity index (χ1v) is 9.91. The molecule has 0 amide bonds. The van der Waals surface area contributed by atoms with Crippen molar-refractivity contribution >= 4 is 5.96 Å². The Hall–Kier alpha value is -1.75. The normalized spacial score (nSPS) is 16.0. The Kier molecular flexibility index (Phi) is 8.75. The molecule has 1 aliphatic rings. The van der Waals surface area contributed by atoms with E-state index in [9.17, 15) is 0 Å². The van der Waals surface area contributed by atoms with Crippen molar-refractivity contribution in [3.63, 3.8) is 0 Å². The molecule has 0 bridgehead atoms. The molecule has 5 nitrogen and oxygen atoms in total. The maximum atomic E-state index is 5.78. The van der Waals surface area contributed by atoms with Gasteiger partial charge in [0.2, 0.25) is 0 Å². The number of guanidine groups is 1. The predicted molar refractivity (Wildman–Crippen MR) is 108 cm³/mol. The van der Waals surface area contributed by atoms with Crippen molar-refractivity contribution in [2.45, 2.75) is 52.7 Å². The molecular formula is C21H35N3O2. The third kappa shape index (κ3) is 7.24. The van der Waals surface area contributed by atoms with Crippen molar-refractivity contribution < 1.29 is 9.47 Å². The monoisotopic (exact) mass is 361 g/mol. The molecule has 1 aromatic rings. The molecule has 146 valence electrons. The Bertz CT molecular complexity index is 554. The standard InChI is InChI=1S/C21H35N3O2/c1-5-22-21(24(4)12-9-18-10-13-25-14-11-18)23-16-19-7-6-8-20(15-19)26-17(2)3/h6-8,15,17-18H,5,9-14,16H2,1-4H3,(H,22,23). The molecule has 1 heterocycles. The quantitative estimate of drug-likeness (QED) is 0.567. The lowest BCUT2D eigenvalue weighted by Crippen LogP contribution is -2.40. The number of hydrogen-bond donors (Lipinski definition) is 1. The van der Waals surface area contributed by atoms with Gasteiger partial charge in [0, 0.05) is 33.4 Å². The molecule has 0 radical (unpaired) electrons. The zero-order valence-electron chi connectivity index (χ0n) is 16.8. The molecule has 1 aromatic carbocycles. The Morgan fingerprint density at radius 2 is 2.12 bits per heavy atom. The minimum atomic E-state index is 0.183. The van der Waals surface area contributed by atoms with Gasteiger partial charge in [-0.2, -0.15) is 0 Å². The average Bonchev–Trinajstić information content (AvgIpc) is 2.64. The lowest BCUT2D eigenvalue weighted by Gasteiger charge is -2.26. The van der Waals surface area contributed by atoms with Gasteiger partial charge < -0.3 is 19.7 Å². The van der Waals surface area contributed by atoms with E-state index in [0.717, 1.165) is 49.5 Å². The van der Waals surface area contributed by atoms with Crippen LogP contribution in [0.1, 0.15) is 45.6 Å². The Morgan fingerprint density at radius 1 is 1.35 bits per heavy atom. The molecule has 0 unspecified atom stereocenters. The number of ether oxygens (including phenoxy) is 2. The van der Waals surface area contributed by atoms with E-state index in [2.05, 4.69) is 36.3 Å². The maximum Gasteiger partial charge on any atom is 0.193 e. The maximum absolute atomic E-state index is 5.78. The summed E-state index contributed by atoms with van der Waals surface area (Å²) in [5, 5.41) is 3.41. The first kappa shape index (κ1) is 20.6. The highest BCUT2D eigenvalue weighted by Crippen LogP contribution is 2.19. The summed E-state index contributed by atoms with van der Waals surface area (Å²) in [5.41, 5.74) is 1.16. The Labute approximate surface area is 158 Å². The highest BCUT2D eigenvalue weighted by Gasteiger charge is 2.15. The molecule has 2 rings (SSSR count). The van der Waals surface area contributed by atoms with E-state index in [0.29, 0.717) is 6.54 Å². The number of nitrogens with one attached hydrogen (secondary N) is 1. The summed E-state index contributed by atoms with van der Waals surface area (Å²) in [6.07, 6.45) is 3.75. The topological polar surface area (TPSA) is 46.1 Å². The molecule has 26 heavy (non-hydrogen) atoms. The largest absolute Gasteiger partial charge is 0.491 e. The zero-order valence-corrected chi connectivity index (χ0v) is 16.8. The van der Waals surface area contributed by atoms with Crippen LogP contribution in [0.2, 0.25) is 0 Å². The number of hydrogen-bond acceptors (Lipinski definition) is 3. The highest BCUT2D eigenvalue weighted by atomic mass is 16.5. The lowest BCUT2D eigenvalue weighted by atomic mass is 9.96. The SMILES string of the molecule is CCNC(=NCc1cccc(OC(C)C)c1)N(C)CCC1CCOCC1. The zero-order chi connectivity index (χ0) is 18.8. The van der Waals surface area contributed by atoms with Crippen LogP contribution in [0, 0.1) is 5.92 Å². The number of rotatable bonds is 8. The molecule has 1 fully saturated rings. The minimum Gasteiger partial charge on any atom is -0.491 e. The molecule has 0 aliphatic carbocycles.